The number of carbonyl (C=O) groups is 1. The molecule has 150 valence electrons. The zero-order valence-electron chi connectivity index (χ0n) is 16.0. The van der Waals surface area contributed by atoms with Crippen LogP contribution < -0.4 is 14.8 Å². The van der Waals surface area contributed by atoms with Crippen LogP contribution in [0.2, 0.25) is 0 Å². The molecule has 1 amide bonds. The Morgan fingerprint density at radius 3 is 2.72 bits per heavy atom. The number of ether oxygens (including phenoxy) is 2. The topological polar surface area (TPSA) is 69.2 Å². The van der Waals surface area contributed by atoms with E-state index in [0.29, 0.717) is 24.7 Å². The molecule has 2 aromatic carbocycles. The first-order chi connectivity index (χ1) is 14.2. The molecule has 1 aromatic heterocycles. The molecule has 0 fully saturated rings. The van der Waals surface area contributed by atoms with Gasteiger partial charge in [-0.05, 0) is 35.2 Å². The molecule has 0 aliphatic heterocycles. The summed E-state index contributed by atoms with van der Waals surface area (Å²) >= 11 is 1.59. The van der Waals surface area contributed by atoms with Crippen molar-refractivity contribution in [3.63, 3.8) is 0 Å². The molecule has 29 heavy (non-hydrogen) atoms. The lowest BCUT2D eigenvalue weighted by atomic mass is 10.2. The third kappa shape index (κ3) is 6.65. The summed E-state index contributed by atoms with van der Waals surface area (Å²) in [6.07, 6.45) is 1.52. The Morgan fingerprint density at radius 1 is 1.10 bits per heavy atom. The van der Waals surface area contributed by atoms with Crippen LogP contribution in [-0.2, 0) is 22.8 Å². The maximum absolute atomic E-state index is 11.7. The zero-order chi connectivity index (χ0) is 20.3. The summed E-state index contributed by atoms with van der Waals surface area (Å²) in [5, 5.41) is 8.59. The van der Waals surface area contributed by atoms with E-state index in [4.69, 9.17) is 14.3 Å². The lowest BCUT2D eigenvalue weighted by Crippen LogP contribution is -2.26. The number of hydrogen-bond donors (Lipinski definition) is 1. The molecule has 0 spiro atoms. The molecular formula is C22H22N2O4S. The van der Waals surface area contributed by atoms with Crippen LogP contribution in [0.1, 0.15) is 16.0 Å². The Labute approximate surface area is 173 Å². The average molecular weight is 410 g/mol. The Balaban J connectivity index is 1.46. The molecule has 3 rings (SSSR count). The molecule has 0 atom stereocenters. The van der Waals surface area contributed by atoms with Gasteiger partial charge in [-0.2, -0.15) is 0 Å². The Kier molecular flexibility index (Phi) is 7.65. The average Bonchev–Trinajstić information content (AvgIpc) is 3.28. The summed E-state index contributed by atoms with van der Waals surface area (Å²) in [5.41, 5.74) is 1.85. The minimum Gasteiger partial charge on any atom is -0.493 e. The van der Waals surface area contributed by atoms with Gasteiger partial charge in [-0.3, -0.25) is 4.79 Å². The highest BCUT2D eigenvalue weighted by molar-refractivity contribution is 7.09. The molecule has 1 N–H and O–H groups in total. The van der Waals surface area contributed by atoms with Crippen LogP contribution in [-0.4, -0.2) is 25.8 Å². The van der Waals surface area contributed by atoms with Crippen LogP contribution in [0, 0.1) is 0 Å². The highest BCUT2D eigenvalue weighted by atomic mass is 32.1. The molecule has 0 radical (unpaired) electrons. The SMILES string of the molecule is COc1cc(/C=N/OCC(=O)NCc2cccs2)ccc1OCc1ccccc1. The molecule has 0 saturated heterocycles. The van der Waals surface area contributed by atoms with Gasteiger partial charge in [-0.15, -0.1) is 11.3 Å². The highest BCUT2D eigenvalue weighted by Crippen LogP contribution is 2.28. The third-order valence-corrected chi connectivity index (χ3v) is 4.81. The van der Waals surface area contributed by atoms with Gasteiger partial charge in [0.25, 0.3) is 5.91 Å². The van der Waals surface area contributed by atoms with Gasteiger partial charge in [0.05, 0.1) is 19.9 Å². The third-order valence-electron chi connectivity index (χ3n) is 3.94. The van der Waals surface area contributed by atoms with Crippen molar-refractivity contribution in [1.29, 1.82) is 0 Å². The zero-order valence-corrected chi connectivity index (χ0v) is 16.9. The van der Waals surface area contributed by atoms with Crippen LogP contribution in [0.15, 0.2) is 71.2 Å². The molecule has 3 aromatic rings. The van der Waals surface area contributed by atoms with E-state index in [0.717, 1.165) is 16.0 Å². The number of methoxy groups -OCH3 is 1. The first kappa shape index (κ1) is 20.4. The number of oxime groups is 1. The van der Waals surface area contributed by atoms with Gasteiger partial charge in [0.1, 0.15) is 6.61 Å². The van der Waals surface area contributed by atoms with Gasteiger partial charge >= 0.3 is 0 Å². The standard InChI is InChI=1S/C22H22N2O4S/c1-26-21-12-18(9-10-20(21)27-15-17-6-3-2-4-7-17)13-24-28-16-22(25)23-14-19-8-5-11-29-19/h2-13H,14-16H2,1H3,(H,23,25)/b24-13+. The van der Waals surface area contributed by atoms with Crippen molar-refractivity contribution in [2.45, 2.75) is 13.2 Å². The lowest BCUT2D eigenvalue weighted by Gasteiger charge is -2.11. The van der Waals surface area contributed by atoms with Gasteiger partial charge in [0.2, 0.25) is 0 Å². The lowest BCUT2D eigenvalue weighted by molar-refractivity contribution is -0.125. The Hall–Kier alpha value is -3.32. The first-order valence-electron chi connectivity index (χ1n) is 9.04. The molecule has 1 heterocycles. The molecule has 7 heteroatoms. The van der Waals surface area contributed by atoms with Crippen molar-refractivity contribution in [3.05, 3.63) is 82.0 Å². The number of hydrogen-bond acceptors (Lipinski definition) is 6. The van der Waals surface area contributed by atoms with E-state index in [1.54, 1.807) is 24.5 Å². The minimum absolute atomic E-state index is 0.142. The fraction of sp³-hybridized carbons (Fsp3) is 0.182. The van der Waals surface area contributed by atoms with Crippen LogP contribution in [0.4, 0.5) is 0 Å². The largest absolute Gasteiger partial charge is 0.493 e. The summed E-state index contributed by atoms with van der Waals surface area (Å²) in [7, 11) is 1.58. The summed E-state index contributed by atoms with van der Waals surface area (Å²) < 4.78 is 11.2. The molecular weight excluding hydrogens is 388 g/mol. The second-order valence-corrected chi connectivity index (χ2v) is 7.08. The van der Waals surface area contributed by atoms with E-state index in [2.05, 4.69) is 10.5 Å². The summed E-state index contributed by atoms with van der Waals surface area (Å²) in [4.78, 5) is 17.9. The van der Waals surface area contributed by atoms with E-state index in [-0.39, 0.29) is 12.5 Å². The van der Waals surface area contributed by atoms with E-state index in [9.17, 15) is 4.79 Å². The van der Waals surface area contributed by atoms with Crippen molar-refractivity contribution in [2.24, 2.45) is 5.16 Å². The number of nitrogens with zero attached hydrogens (tertiary/aromatic N) is 1. The predicted molar refractivity (Wildman–Crippen MR) is 113 cm³/mol. The number of benzene rings is 2. The molecule has 0 aliphatic rings. The number of thiophene rings is 1. The fourth-order valence-corrected chi connectivity index (χ4v) is 3.11. The van der Waals surface area contributed by atoms with Crippen molar-refractivity contribution < 1.29 is 19.1 Å². The Morgan fingerprint density at radius 2 is 1.97 bits per heavy atom. The second kappa shape index (κ2) is 10.9. The molecule has 0 bridgehead atoms. The molecule has 0 saturated carbocycles. The maximum atomic E-state index is 11.7. The fourth-order valence-electron chi connectivity index (χ4n) is 2.46. The monoisotopic (exact) mass is 410 g/mol. The number of rotatable bonds is 10. The van der Waals surface area contributed by atoms with Crippen molar-refractivity contribution in [1.82, 2.24) is 5.32 Å². The number of amides is 1. The van der Waals surface area contributed by atoms with Crippen molar-refractivity contribution in [2.75, 3.05) is 13.7 Å². The van der Waals surface area contributed by atoms with Crippen LogP contribution in [0.25, 0.3) is 0 Å². The van der Waals surface area contributed by atoms with Crippen LogP contribution in [0.3, 0.4) is 0 Å². The van der Waals surface area contributed by atoms with Crippen molar-refractivity contribution >= 4 is 23.5 Å². The maximum Gasteiger partial charge on any atom is 0.261 e. The highest BCUT2D eigenvalue weighted by Gasteiger charge is 2.06. The minimum atomic E-state index is -0.224. The van der Waals surface area contributed by atoms with E-state index in [1.165, 1.54) is 6.21 Å². The molecule has 6 nitrogen and oxygen atoms in total. The number of carbonyl (C=O) groups excluding carboxylic acids is 1. The van der Waals surface area contributed by atoms with E-state index < -0.39 is 0 Å². The van der Waals surface area contributed by atoms with E-state index >= 15 is 0 Å². The summed E-state index contributed by atoms with van der Waals surface area (Å²) in [6.45, 7) is 0.802. The molecule has 0 aliphatic carbocycles. The van der Waals surface area contributed by atoms with Crippen LogP contribution in [0.5, 0.6) is 11.5 Å². The van der Waals surface area contributed by atoms with E-state index in [1.807, 2.05) is 60.0 Å². The van der Waals surface area contributed by atoms with Gasteiger partial charge in [-0.25, -0.2) is 0 Å². The van der Waals surface area contributed by atoms with Crippen molar-refractivity contribution in [3.8, 4) is 11.5 Å². The summed E-state index contributed by atoms with van der Waals surface area (Å²) in [5.74, 6) is 1.01. The smallest absolute Gasteiger partial charge is 0.261 e. The Bertz CT molecular complexity index is 927. The van der Waals surface area contributed by atoms with Gasteiger partial charge < -0.3 is 19.6 Å². The second-order valence-electron chi connectivity index (χ2n) is 6.05. The van der Waals surface area contributed by atoms with Crippen LogP contribution >= 0.6 is 11.3 Å². The molecule has 0 unspecified atom stereocenters. The summed E-state index contributed by atoms with van der Waals surface area (Å²) in [6, 6.07) is 19.3. The van der Waals surface area contributed by atoms with Gasteiger partial charge in [0, 0.05) is 10.4 Å². The quantitative estimate of drug-likeness (QED) is 0.405. The normalized spacial score (nSPS) is 10.7. The predicted octanol–water partition coefficient (Wildman–Crippen LogP) is 4.00. The van der Waals surface area contributed by atoms with Gasteiger partial charge in [-0.1, -0.05) is 41.6 Å². The first-order valence-corrected chi connectivity index (χ1v) is 9.92. The van der Waals surface area contributed by atoms with Gasteiger partial charge in [0.15, 0.2) is 18.1 Å². The number of nitrogens with one attached hydrogen (secondary N) is 1.